The summed E-state index contributed by atoms with van der Waals surface area (Å²) in [5.74, 6) is -6.94. The van der Waals surface area contributed by atoms with E-state index < -0.39 is 144 Å². The fraction of sp³-hybridized carbons (Fsp3) is 0.500. The van der Waals surface area contributed by atoms with Gasteiger partial charge in [0.05, 0.1) is 18.9 Å². The molecule has 18 N–H and O–H groups in total. The minimum Gasteiger partial charge on any atom is -0.508 e. The molecule has 0 unspecified atom stereocenters. The van der Waals surface area contributed by atoms with Crippen molar-refractivity contribution in [2.24, 2.45) is 17.1 Å². The van der Waals surface area contributed by atoms with E-state index in [1.807, 2.05) is 18.2 Å². The van der Waals surface area contributed by atoms with Crippen LogP contribution in [0.3, 0.4) is 0 Å². The first-order valence-corrected chi connectivity index (χ1v) is 40.6. The van der Waals surface area contributed by atoms with Crippen molar-refractivity contribution in [1.29, 1.82) is 0 Å². The molecule has 1 aliphatic carbocycles. The van der Waals surface area contributed by atoms with Gasteiger partial charge in [-0.15, -0.1) is 0 Å². The summed E-state index contributed by atoms with van der Waals surface area (Å²) in [5, 5.41) is 68.3. The average molecular weight is 1600 g/mol. The second-order valence-electron chi connectivity index (χ2n) is 29.6. The number of imidazole rings is 1. The Kier molecular flexibility index (Phi) is 35.9. The number of H-pyrrole nitrogens is 2. The SMILES string of the molecule is CCC[C@H](NC(=O)[C@H](Cc1ccc(O)cc1)NC(=O)[C@H](CCC(=O)O)NC(=O)[C@H](CC1CCCCC1)NC(=O)[C@H](Cc1c[nH]c2ncccc12)NC(=O)C[C@@H](C)O)C(=O)N[C@@H](CC)C(=O)NCCSCc1cccc(CSCCC(=O)N[C@H](C(=O)N[C@@H](Cc2ccc(O)cc2)C(=O)N[C@@H](Cc2cnc[nH]2)C(N)=O)C(C)(C)C)c1. The van der Waals surface area contributed by atoms with Gasteiger partial charge < -0.3 is 89.3 Å². The lowest BCUT2D eigenvalue weighted by molar-refractivity contribution is -0.139. The number of rotatable bonds is 46. The molecule has 0 bridgehead atoms. The first kappa shape index (κ1) is 89.7. The van der Waals surface area contributed by atoms with E-state index in [1.165, 1.54) is 67.6 Å². The third-order valence-electron chi connectivity index (χ3n) is 19.2. The molecule has 7 rings (SSSR count). The summed E-state index contributed by atoms with van der Waals surface area (Å²) in [6.45, 7) is 10.5. The zero-order chi connectivity index (χ0) is 82.2. The second kappa shape index (κ2) is 45.2. The Morgan fingerprint density at radius 3 is 1.66 bits per heavy atom. The molecule has 11 amide bonds. The van der Waals surface area contributed by atoms with Crippen molar-refractivity contribution in [1.82, 2.24) is 73.1 Å². The Morgan fingerprint density at radius 2 is 1.11 bits per heavy atom. The number of aromatic nitrogens is 4. The Hall–Kier alpha value is -10.5. The van der Waals surface area contributed by atoms with Crippen LogP contribution in [0.1, 0.15) is 159 Å². The van der Waals surface area contributed by atoms with Crippen molar-refractivity contribution in [2.75, 3.05) is 18.1 Å². The van der Waals surface area contributed by atoms with Crippen LogP contribution in [0.15, 0.2) is 110 Å². The van der Waals surface area contributed by atoms with E-state index in [0.29, 0.717) is 62.8 Å². The van der Waals surface area contributed by atoms with Crippen molar-refractivity contribution in [2.45, 2.75) is 223 Å². The fourth-order valence-corrected chi connectivity index (χ4v) is 14.8. The highest BCUT2D eigenvalue weighted by Gasteiger charge is 2.38. The van der Waals surface area contributed by atoms with E-state index in [-0.39, 0.29) is 87.7 Å². The Labute approximate surface area is 665 Å². The smallest absolute Gasteiger partial charge is 0.303 e. The van der Waals surface area contributed by atoms with Crippen molar-refractivity contribution >= 4 is 106 Å². The molecule has 0 radical (unpaired) electrons. The molecule has 31 nitrogen and oxygen atoms in total. The number of aliphatic carboxylic acids is 1. The summed E-state index contributed by atoms with van der Waals surface area (Å²) in [7, 11) is 0. The van der Waals surface area contributed by atoms with Crippen LogP contribution in [-0.2, 0) is 94.7 Å². The number of carbonyl (C=O) groups is 12. The molecule has 3 aromatic heterocycles. The molecular weight excluding hydrogens is 1490 g/mol. The number of hydrogen-bond donors (Lipinski definition) is 17. The average Bonchev–Trinajstić information content (AvgIpc) is 1.80. The van der Waals surface area contributed by atoms with Gasteiger partial charge >= 0.3 is 5.97 Å². The number of aliphatic hydroxyl groups is 1. The van der Waals surface area contributed by atoms with Gasteiger partial charge in [-0.3, -0.25) is 57.5 Å². The Morgan fingerprint density at radius 1 is 0.566 bits per heavy atom. The van der Waals surface area contributed by atoms with Crippen LogP contribution in [0.5, 0.6) is 11.5 Å². The van der Waals surface area contributed by atoms with Gasteiger partial charge in [-0.25, -0.2) is 9.97 Å². The highest BCUT2D eigenvalue weighted by Crippen LogP contribution is 2.29. The quantitative estimate of drug-likeness (QED) is 0.0236. The number of thioether (sulfide) groups is 2. The third-order valence-corrected chi connectivity index (χ3v) is 21.3. The molecule has 10 atom stereocenters. The molecule has 1 fully saturated rings. The van der Waals surface area contributed by atoms with Gasteiger partial charge in [0, 0.05) is 97.8 Å². The van der Waals surface area contributed by atoms with Gasteiger partial charge in [0.25, 0.3) is 0 Å². The van der Waals surface area contributed by atoms with E-state index in [2.05, 4.69) is 79.2 Å². The lowest BCUT2D eigenvalue weighted by Crippen LogP contribution is -2.60. The summed E-state index contributed by atoms with van der Waals surface area (Å²) < 4.78 is 0. The van der Waals surface area contributed by atoms with E-state index in [1.54, 1.807) is 83.0 Å². The van der Waals surface area contributed by atoms with Crippen molar-refractivity contribution in [3.8, 4) is 11.5 Å². The number of hydrogen-bond acceptors (Lipinski definition) is 19. The van der Waals surface area contributed by atoms with Crippen molar-refractivity contribution < 1.29 is 78.0 Å². The highest BCUT2D eigenvalue weighted by atomic mass is 32.2. The Bertz CT molecular complexity index is 4150. The molecule has 0 saturated heterocycles. The van der Waals surface area contributed by atoms with Gasteiger partial charge in [0.2, 0.25) is 65.0 Å². The number of amides is 11. The predicted octanol–water partition coefficient (Wildman–Crippen LogP) is 4.35. The highest BCUT2D eigenvalue weighted by molar-refractivity contribution is 7.98. The number of fused-ring (bicyclic) bond motifs is 1. The summed E-state index contributed by atoms with van der Waals surface area (Å²) in [6.07, 6.45) is 8.60. The molecule has 612 valence electrons. The number of carboxylic acids is 1. The van der Waals surface area contributed by atoms with Crippen LogP contribution in [-0.4, -0.2) is 190 Å². The first-order valence-electron chi connectivity index (χ1n) is 38.3. The molecule has 113 heavy (non-hydrogen) atoms. The van der Waals surface area contributed by atoms with Crippen LogP contribution in [0.2, 0.25) is 0 Å². The number of carboxylic acid groups (broad SMARTS) is 1. The zero-order valence-electron chi connectivity index (χ0n) is 64.8. The van der Waals surface area contributed by atoms with Gasteiger partial charge in [0.15, 0.2) is 0 Å². The number of aromatic hydroxyl groups is 2. The van der Waals surface area contributed by atoms with E-state index >= 15 is 0 Å². The standard InChI is InChI=1S/C80H109N15O16S2/c1-7-14-59(89-75(107)63(38-49-20-24-55(97)25-21-49)92-74(106)60(28-29-68(101)102)90-76(108)62(37-48-15-10-9-11-16-48)93-78(110)65(87-67(100)35-47(3)96)40-53-42-85-71-57(53)19-13-31-83-71)73(105)88-58(8-2)72(104)84-32-34-113-45-52-18-12-17-51(36-52)44-112-33-30-66(99)95-69(80(4,5)6)79(111)94-64(39-50-22-26-56(98)27-23-50)77(109)91-61(70(81)103)41-54-43-82-46-86-54/h12-13,17-27,31,36,42-43,46-48,58-65,69,96-98H,7-11,14-16,28-30,32-35,37-41,44-45H2,1-6H3,(H2,81,103)(H,82,86)(H,83,85)(H,84,104)(H,87,100)(H,88,105)(H,89,107)(H,90,108)(H,91,109)(H,92,106)(H,93,110)(H,94,111)(H,95,99)(H,101,102)/t47-,58+,59+,60+,61+,62+,63+,64+,65+,69-/m1/s1. The van der Waals surface area contributed by atoms with Crippen molar-refractivity contribution in [3.05, 3.63) is 143 Å². The number of nitrogens with two attached hydrogens (primary N) is 1. The monoisotopic (exact) mass is 1600 g/mol. The molecule has 33 heteroatoms. The Balaban J connectivity index is 0.913. The largest absolute Gasteiger partial charge is 0.508 e. The minimum atomic E-state index is -1.59. The number of pyridine rings is 1. The molecule has 0 spiro atoms. The van der Waals surface area contributed by atoms with Gasteiger partial charge in [0.1, 0.15) is 71.5 Å². The lowest BCUT2D eigenvalue weighted by atomic mass is 9.84. The van der Waals surface area contributed by atoms with Crippen LogP contribution >= 0.6 is 23.5 Å². The minimum absolute atomic E-state index is 0.00343. The maximum atomic E-state index is 14.7. The molecule has 1 aliphatic rings. The zero-order valence-corrected chi connectivity index (χ0v) is 66.4. The third kappa shape index (κ3) is 30.5. The summed E-state index contributed by atoms with van der Waals surface area (Å²) in [5.41, 5.74) is 9.67. The molecule has 3 aromatic carbocycles. The van der Waals surface area contributed by atoms with E-state index in [0.717, 1.165) is 43.2 Å². The van der Waals surface area contributed by atoms with Gasteiger partial charge in [-0.05, 0) is 108 Å². The van der Waals surface area contributed by atoms with Crippen LogP contribution in [0.25, 0.3) is 11.0 Å². The van der Waals surface area contributed by atoms with Gasteiger partial charge in [-0.1, -0.05) is 122 Å². The van der Waals surface area contributed by atoms with Crippen molar-refractivity contribution in [3.63, 3.8) is 0 Å². The van der Waals surface area contributed by atoms with Crippen LogP contribution in [0.4, 0.5) is 0 Å². The number of nitrogens with zero attached hydrogens (tertiary/aromatic N) is 2. The fourth-order valence-electron chi connectivity index (χ4n) is 13.1. The number of nitrogens with one attached hydrogen (secondary N) is 12. The lowest BCUT2D eigenvalue weighted by Gasteiger charge is -2.32. The second-order valence-corrected chi connectivity index (χ2v) is 31.9. The first-order chi connectivity index (χ1) is 53.9. The number of aliphatic hydroxyl groups excluding tert-OH is 1. The number of primary amides is 1. The maximum absolute atomic E-state index is 14.7. The number of carbonyl (C=O) groups excluding carboxylic acids is 11. The summed E-state index contributed by atoms with van der Waals surface area (Å²) >= 11 is 3.10. The van der Waals surface area contributed by atoms with Crippen LogP contribution in [0, 0.1) is 11.3 Å². The van der Waals surface area contributed by atoms with Crippen LogP contribution < -0.4 is 58.9 Å². The summed E-state index contributed by atoms with van der Waals surface area (Å²) in [4.78, 5) is 180. The molecule has 6 aromatic rings. The summed E-state index contributed by atoms with van der Waals surface area (Å²) in [6, 6.07) is 12.1. The number of aromatic amines is 2. The molecule has 0 aliphatic heterocycles. The molecule has 3 heterocycles. The molecular formula is C80H109N15O16S2. The predicted molar refractivity (Wildman–Crippen MR) is 428 cm³/mol. The number of benzene rings is 3. The van der Waals surface area contributed by atoms with Gasteiger partial charge in [-0.2, -0.15) is 23.5 Å². The number of phenolic OH excluding ortho intramolecular Hbond substituents is 2. The maximum Gasteiger partial charge on any atom is 0.303 e. The molecule has 1 saturated carbocycles. The van der Waals surface area contributed by atoms with E-state index in [4.69, 9.17) is 5.73 Å². The number of phenols is 2. The topological polar surface area (TPSA) is 489 Å². The van der Waals surface area contributed by atoms with E-state index in [9.17, 15) is 78.0 Å². The normalized spacial score (nSPS) is 15.0.